The second-order valence-electron chi connectivity index (χ2n) is 6.32. The van der Waals surface area contributed by atoms with Crippen LogP contribution in [0.3, 0.4) is 0 Å². The van der Waals surface area contributed by atoms with E-state index in [2.05, 4.69) is 55.4 Å². The molecule has 0 spiro atoms. The van der Waals surface area contributed by atoms with Gasteiger partial charge < -0.3 is 0 Å². The third kappa shape index (κ3) is 3.10. The van der Waals surface area contributed by atoms with Crippen molar-refractivity contribution in [2.75, 3.05) is 0 Å². The molecule has 6 nitrogen and oxygen atoms in total. The Morgan fingerprint density at radius 1 is 0.926 bits per heavy atom. The Kier molecular flexibility index (Phi) is 3.94. The van der Waals surface area contributed by atoms with Gasteiger partial charge >= 0.3 is 0 Å². The van der Waals surface area contributed by atoms with Gasteiger partial charge in [0.1, 0.15) is 6.33 Å². The van der Waals surface area contributed by atoms with E-state index in [1.54, 1.807) is 10.8 Å². The van der Waals surface area contributed by atoms with Crippen LogP contribution >= 0.6 is 15.9 Å². The SMILES string of the molecule is Brc1ccc(-c2nc3c4cn(CCc5ccccc5)nc4ncn3n2)cc1. The van der Waals surface area contributed by atoms with Gasteiger partial charge in [0.05, 0.1) is 5.39 Å². The maximum atomic E-state index is 4.72. The molecule has 2 aromatic carbocycles. The van der Waals surface area contributed by atoms with Crippen LogP contribution in [0.15, 0.2) is 71.6 Å². The molecule has 27 heavy (non-hydrogen) atoms. The third-order valence-corrected chi connectivity index (χ3v) is 5.01. The van der Waals surface area contributed by atoms with E-state index in [9.17, 15) is 0 Å². The molecule has 0 aliphatic carbocycles. The molecule has 5 aromatic rings. The number of halogens is 1. The lowest BCUT2D eigenvalue weighted by Crippen LogP contribution is -2.01. The minimum atomic E-state index is 0.675. The number of aryl methyl sites for hydroxylation is 2. The topological polar surface area (TPSA) is 60.9 Å². The highest BCUT2D eigenvalue weighted by Crippen LogP contribution is 2.22. The number of fused-ring (bicyclic) bond motifs is 3. The summed E-state index contributed by atoms with van der Waals surface area (Å²) in [6.07, 6.45) is 4.59. The summed E-state index contributed by atoms with van der Waals surface area (Å²) in [6, 6.07) is 18.3. The van der Waals surface area contributed by atoms with Crippen molar-refractivity contribution in [2.24, 2.45) is 0 Å². The summed E-state index contributed by atoms with van der Waals surface area (Å²) >= 11 is 3.45. The minimum absolute atomic E-state index is 0.675. The molecule has 3 aromatic heterocycles. The minimum Gasteiger partial charge on any atom is -0.269 e. The number of rotatable bonds is 4. The number of aromatic nitrogens is 6. The van der Waals surface area contributed by atoms with Gasteiger partial charge in [0.15, 0.2) is 17.1 Å². The summed E-state index contributed by atoms with van der Waals surface area (Å²) in [5, 5.41) is 10.1. The largest absolute Gasteiger partial charge is 0.269 e. The maximum Gasteiger partial charge on any atom is 0.186 e. The quantitative estimate of drug-likeness (QED) is 0.439. The first-order valence-electron chi connectivity index (χ1n) is 8.65. The van der Waals surface area contributed by atoms with Crippen LogP contribution in [0.1, 0.15) is 5.56 Å². The van der Waals surface area contributed by atoms with Crippen molar-refractivity contribution in [2.45, 2.75) is 13.0 Å². The molecule has 0 saturated carbocycles. The van der Waals surface area contributed by atoms with Gasteiger partial charge in [0.2, 0.25) is 0 Å². The summed E-state index contributed by atoms with van der Waals surface area (Å²) in [7, 11) is 0. The fourth-order valence-electron chi connectivity index (χ4n) is 3.09. The van der Waals surface area contributed by atoms with E-state index in [-0.39, 0.29) is 0 Å². The van der Waals surface area contributed by atoms with Crippen LogP contribution in [-0.4, -0.2) is 29.4 Å². The first-order valence-corrected chi connectivity index (χ1v) is 9.44. The number of nitrogens with zero attached hydrogens (tertiary/aromatic N) is 6. The van der Waals surface area contributed by atoms with Gasteiger partial charge in [0.25, 0.3) is 0 Å². The summed E-state index contributed by atoms with van der Waals surface area (Å²) in [5.74, 6) is 0.675. The maximum absolute atomic E-state index is 4.72. The number of hydrogen-bond acceptors (Lipinski definition) is 4. The Morgan fingerprint density at radius 3 is 2.56 bits per heavy atom. The van der Waals surface area contributed by atoms with Gasteiger partial charge in [-0.05, 0) is 24.1 Å². The van der Waals surface area contributed by atoms with Crippen molar-refractivity contribution in [1.82, 2.24) is 29.4 Å². The smallest absolute Gasteiger partial charge is 0.186 e. The second-order valence-corrected chi connectivity index (χ2v) is 7.24. The molecule has 0 N–H and O–H groups in total. The molecule has 0 radical (unpaired) electrons. The van der Waals surface area contributed by atoms with E-state index in [1.165, 1.54) is 5.56 Å². The molecule has 0 amide bonds. The van der Waals surface area contributed by atoms with Crippen molar-refractivity contribution < 1.29 is 0 Å². The Labute approximate surface area is 163 Å². The Morgan fingerprint density at radius 2 is 1.74 bits per heavy atom. The highest BCUT2D eigenvalue weighted by Gasteiger charge is 2.12. The Hall–Kier alpha value is -3.06. The van der Waals surface area contributed by atoms with E-state index in [0.717, 1.165) is 34.0 Å². The van der Waals surface area contributed by atoms with E-state index in [4.69, 9.17) is 4.98 Å². The molecule has 0 atom stereocenters. The summed E-state index contributed by atoms with van der Waals surface area (Å²) in [6.45, 7) is 0.792. The number of hydrogen-bond donors (Lipinski definition) is 0. The normalized spacial score (nSPS) is 11.4. The van der Waals surface area contributed by atoms with Crippen molar-refractivity contribution in [3.8, 4) is 11.4 Å². The predicted octanol–water partition coefficient (Wildman–Crippen LogP) is 4.15. The van der Waals surface area contributed by atoms with Crippen LogP contribution < -0.4 is 0 Å². The van der Waals surface area contributed by atoms with Crippen molar-refractivity contribution >= 4 is 32.6 Å². The van der Waals surface area contributed by atoms with Crippen LogP contribution in [0.5, 0.6) is 0 Å². The van der Waals surface area contributed by atoms with Crippen molar-refractivity contribution in [3.63, 3.8) is 0 Å². The average Bonchev–Trinajstić information content (AvgIpc) is 3.31. The fraction of sp³-hybridized carbons (Fsp3) is 0.100. The first-order chi connectivity index (χ1) is 13.3. The zero-order valence-electron chi connectivity index (χ0n) is 14.3. The molecule has 5 rings (SSSR count). The molecule has 7 heteroatoms. The standard InChI is InChI=1S/C20H15BrN6/c21-16-8-6-15(7-9-16)18-23-20-17-12-26(11-10-14-4-2-1-3-5-14)24-19(17)22-13-27(20)25-18/h1-9,12-13H,10-11H2. The van der Waals surface area contributed by atoms with Crippen LogP contribution in [-0.2, 0) is 13.0 Å². The van der Waals surface area contributed by atoms with Gasteiger partial charge in [0, 0.05) is 22.8 Å². The van der Waals surface area contributed by atoms with Crippen LogP contribution in [0.4, 0.5) is 0 Å². The van der Waals surface area contributed by atoms with Crippen LogP contribution in [0, 0.1) is 0 Å². The van der Waals surface area contributed by atoms with Gasteiger partial charge in [-0.15, -0.1) is 5.10 Å². The predicted molar refractivity (Wildman–Crippen MR) is 107 cm³/mol. The van der Waals surface area contributed by atoms with Crippen molar-refractivity contribution in [1.29, 1.82) is 0 Å². The molecule has 0 aliphatic rings. The third-order valence-electron chi connectivity index (χ3n) is 4.48. The first kappa shape index (κ1) is 16.1. The van der Waals surface area contributed by atoms with Gasteiger partial charge in [-0.1, -0.05) is 58.4 Å². The molecule has 0 unspecified atom stereocenters. The number of benzene rings is 2. The van der Waals surface area contributed by atoms with Gasteiger partial charge in [-0.3, -0.25) is 4.68 Å². The molecule has 3 heterocycles. The van der Waals surface area contributed by atoms with Crippen LogP contribution in [0.25, 0.3) is 28.1 Å². The van der Waals surface area contributed by atoms with E-state index in [1.807, 2.05) is 41.2 Å². The highest BCUT2D eigenvalue weighted by atomic mass is 79.9. The molecule has 132 valence electrons. The molecular formula is C20H15BrN6. The molecular weight excluding hydrogens is 404 g/mol. The van der Waals surface area contributed by atoms with E-state index >= 15 is 0 Å². The lowest BCUT2D eigenvalue weighted by molar-refractivity contribution is 0.619. The highest BCUT2D eigenvalue weighted by molar-refractivity contribution is 9.10. The van der Waals surface area contributed by atoms with E-state index in [0.29, 0.717) is 11.5 Å². The van der Waals surface area contributed by atoms with Crippen LogP contribution in [0.2, 0.25) is 0 Å². The molecule has 0 saturated heterocycles. The van der Waals surface area contributed by atoms with Crippen molar-refractivity contribution in [3.05, 3.63) is 77.2 Å². The monoisotopic (exact) mass is 418 g/mol. The van der Waals surface area contributed by atoms with Gasteiger partial charge in [-0.25, -0.2) is 14.5 Å². The second kappa shape index (κ2) is 6.59. The Balaban J connectivity index is 1.50. The summed E-state index contributed by atoms with van der Waals surface area (Å²) in [4.78, 5) is 9.14. The zero-order chi connectivity index (χ0) is 18.2. The molecule has 0 aliphatic heterocycles. The van der Waals surface area contributed by atoms with Gasteiger partial charge in [-0.2, -0.15) is 5.10 Å². The zero-order valence-corrected chi connectivity index (χ0v) is 15.9. The lowest BCUT2D eigenvalue weighted by atomic mass is 10.1. The summed E-state index contributed by atoms with van der Waals surface area (Å²) < 4.78 is 4.67. The lowest BCUT2D eigenvalue weighted by Gasteiger charge is -2.00. The Bertz CT molecular complexity index is 1220. The fourth-order valence-corrected chi connectivity index (χ4v) is 3.35. The average molecular weight is 419 g/mol. The summed E-state index contributed by atoms with van der Waals surface area (Å²) in [5.41, 5.74) is 3.70. The van der Waals surface area contributed by atoms with E-state index < -0.39 is 0 Å². The molecule has 0 fully saturated rings. The molecule has 0 bridgehead atoms.